The highest BCUT2D eigenvalue weighted by Crippen LogP contribution is 2.20. The zero-order chi connectivity index (χ0) is 13.0. The number of benzene rings is 1. The van der Waals surface area contributed by atoms with Gasteiger partial charge in [0.1, 0.15) is 0 Å². The molecular weight excluding hydrogens is 224 g/mol. The number of anilines is 1. The van der Waals surface area contributed by atoms with Crippen LogP contribution in [0.2, 0.25) is 0 Å². The first-order valence-corrected chi connectivity index (χ1v) is 6.78. The second-order valence-corrected chi connectivity index (χ2v) is 5.31. The average Bonchev–Trinajstić information content (AvgIpc) is 2.40. The van der Waals surface area contributed by atoms with Gasteiger partial charge in [-0.05, 0) is 43.0 Å². The maximum absolute atomic E-state index is 12.1. The van der Waals surface area contributed by atoms with Crippen molar-refractivity contribution >= 4 is 11.6 Å². The van der Waals surface area contributed by atoms with E-state index in [0.29, 0.717) is 5.92 Å². The van der Waals surface area contributed by atoms with Gasteiger partial charge >= 0.3 is 0 Å². The second kappa shape index (κ2) is 6.01. The van der Waals surface area contributed by atoms with Gasteiger partial charge in [0.05, 0.1) is 5.92 Å². The molecule has 1 aliphatic heterocycles. The summed E-state index contributed by atoms with van der Waals surface area (Å²) in [5, 5.41) is 6.30. The molecule has 1 aromatic rings. The van der Waals surface area contributed by atoms with Crippen molar-refractivity contribution in [3.63, 3.8) is 0 Å². The quantitative estimate of drug-likeness (QED) is 0.861. The number of nitrogens with one attached hydrogen (secondary N) is 2. The third-order valence-corrected chi connectivity index (χ3v) is 3.49. The van der Waals surface area contributed by atoms with Crippen LogP contribution >= 0.6 is 0 Å². The summed E-state index contributed by atoms with van der Waals surface area (Å²) in [6.07, 6.45) is 2.08. The molecule has 98 valence electrons. The lowest BCUT2D eigenvalue weighted by Gasteiger charge is -2.22. The van der Waals surface area contributed by atoms with Crippen LogP contribution in [0.4, 0.5) is 5.69 Å². The van der Waals surface area contributed by atoms with Gasteiger partial charge in [-0.1, -0.05) is 26.0 Å². The van der Waals surface area contributed by atoms with Crippen molar-refractivity contribution in [2.24, 2.45) is 5.92 Å². The van der Waals surface area contributed by atoms with E-state index in [4.69, 9.17) is 0 Å². The molecule has 2 rings (SSSR count). The molecule has 1 amide bonds. The minimum Gasteiger partial charge on any atom is -0.326 e. The van der Waals surface area contributed by atoms with Crippen molar-refractivity contribution in [2.45, 2.75) is 32.6 Å². The van der Waals surface area contributed by atoms with Gasteiger partial charge in [0.25, 0.3) is 0 Å². The maximum atomic E-state index is 12.1. The molecule has 1 fully saturated rings. The average molecular weight is 246 g/mol. The molecule has 0 unspecified atom stereocenters. The number of hydrogen-bond donors (Lipinski definition) is 2. The van der Waals surface area contributed by atoms with E-state index in [9.17, 15) is 4.79 Å². The fourth-order valence-corrected chi connectivity index (χ4v) is 2.30. The summed E-state index contributed by atoms with van der Waals surface area (Å²) in [5.74, 6) is 0.739. The van der Waals surface area contributed by atoms with Crippen LogP contribution in [-0.4, -0.2) is 19.0 Å². The molecule has 0 saturated carbocycles. The molecule has 1 aromatic carbocycles. The molecule has 1 atom stereocenters. The summed E-state index contributed by atoms with van der Waals surface area (Å²) in [6.45, 7) is 6.15. The third kappa shape index (κ3) is 3.33. The van der Waals surface area contributed by atoms with Gasteiger partial charge in [-0.25, -0.2) is 0 Å². The molecule has 2 N–H and O–H groups in total. The fourth-order valence-electron chi connectivity index (χ4n) is 2.30. The molecular formula is C15H22N2O. The molecule has 0 aliphatic carbocycles. The van der Waals surface area contributed by atoms with Crippen LogP contribution in [0.25, 0.3) is 0 Å². The van der Waals surface area contributed by atoms with Crippen LogP contribution < -0.4 is 10.6 Å². The number of hydrogen-bond acceptors (Lipinski definition) is 2. The molecule has 0 bridgehead atoms. The van der Waals surface area contributed by atoms with Crippen molar-refractivity contribution in [2.75, 3.05) is 18.4 Å². The third-order valence-electron chi connectivity index (χ3n) is 3.49. The Hall–Kier alpha value is -1.35. The lowest BCUT2D eigenvalue weighted by Crippen LogP contribution is -2.37. The predicted octanol–water partition coefficient (Wildman–Crippen LogP) is 2.75. The lowest BCUT2D eigenvalue weighted by atomic mass is 9.98. The molecule has 1 saturated heterocycles. The van der Waals surface area contributed by atoms with E-state index in [0.717, 1.165) is 31.6 Å². The molecule has 3 heteroatoms. The van der Waals surface area contributed by atoms with Crippen LogP contribution in [-0.2, 0) is 4.79 Å². The van der Waals surface area contributed by atoms with Crippen LogP contribution in [0.3, 0.4) is 0 Å². The van der Waals surface area contributed by atoms with Gasteiger partial charge in [0.15, 0.2) is 0 Å². The van der Waals surface area contributed by atoms with Gasteiger partial charge in [-0.2, -0.15) is 0 Å². The van der Waals surface area contributed by atoms with Gasteiger partial charge < -0.3 is 10.6 Å². The topological polar surface area (TPSA) is 41.1 Å². The van der Waals surface area contributed by atoms with Crippen LogP contribution in [0.5, 0.6) is 0 Å². The standard InChI is InChI=1S/C15H22N2O/c1-11(2)12-5-3-7-14(9-12)17-15(18)13-6-4-8-16-10-13/h3,5,7,9,11,13,16H,4,6,8,10H2,1-2H3,(H,17,18)/t13-/m0/s1. The molecule has 1 heterocycles. The van der Waals surface area contributed by atoms with E-state index in [1.54, 1.807) is 0 Å². The van der Waals surface area contributed by atoms with E-state index in [-0.39, 0.29) is 11.8 Å². The van der Waals surface area contributed by atoms with Crippen molar-refractivity contribution < 1.29 is 4.79 Å². The molecule has 0 spiro atoms. The van der Waals surface area contributed by atoms with Gasteiger partial charge in [0, 0.05) is 12.2 Å². The number of piperidine rings is 1. The minimum atomic E-state index is 0.112. The van der Waals surface area contributed by atoms with Crippen molar-refractivity contribution in [1.82, 2.24) is 5.32 Å². The minimum absolute atomic E-state index is 0.112. The second-order valence-electron chi connectivity index (χ2n) is 5.31. The first-order valence-electron chi connectivity index (χ1n) is 6.78. The highest BCUT2D eigenvalue weighted by Gasteiger charge is 2.20. The normalized spacial score (nSPS) is 19.8. The number of carbonyl (C=O) groups is 1. The fraction of sp³-hybridized carbons (Fsp3) is 0.533. The van der Waals surface area contributed by atoms with E-state index in [1.807, 2.05) is 12.1 Å². The van der Waals surface area contributed by atoms with E-state index >= 15 is 0 Å². The first-order chi connectivity index (χ1) is 8.66. The van der Waals surface area contributed by atoms with Gasteiger partial charge in [-0.3, -0.25) is 4.79 Å². The monoisotopic (exact) mass is 246 g/mol. The first kappa shape index (κ1) is 13.1. The van der Waals surface area contributed by atoms with Crippen LogP contribution in [0, 0.1) is 5.92 Å². The molecule has 18 heavy (non-hydrogen) atoms. The predicted molar refractivity (Wildman–Crippen MR) is 74.8 cm³/mol. The molecule has 0 radical (unpaired) electrons. The summed E-state index contributed by atoms with van der Waals surface area (Å²) in [5.41, 5.74) is 2.17. The maximum Gasteiger partial charge on any atom is 0.228 e. The Labute approximate surface area is 109 Å². The zero-order valence-corrected chi connectivity index (χ0v) is 11.2. The number of rotatable bonds is 3. The smallest absolute Gasteiger partial charge is 0.228 e. The van der Waals surface area contributed by atoms with Crippen molar-refractivity contribution in [3.8, 4) is 0 Å². The SMILES string of the molecule is CC(C)c1cccc(NC(=O)[C@H]2CCCNC2)c1. The summed E-state index contributed by atoms with van der Waals surface area (Å²) >= 11 is 0. The van der Waals surface area contributed by atoms with Crippen molar-refractivity contribution in [3.05, 3.63) is 29.8 Å². The summed E-state index contributed by atoms with van der Waals surface area (Å²) < 4.78 is 0. The van der Waals surface area contributed by atoms with E-state index < -0.39 is 0 Å². The largest absolute Gasteiger partial charge is 0.326 e. The molecule has 1 aliphatic rings. The van der Waals surface area contributed by atoms with Crippen molar-refractivity contribution in [1.29, 1.82) is 0 Å². The van der Waals surface area contributed by atoms with E-state index in [1.165, 1.54) is 5.56 Å². The number of carbonyl (C=O) groups excluding carboxylic acids is 1. The van der Waals surface area contributed by atoms with Crippen LogP contribution in [0.15, 0.2) is 24.3 Å². The molecule has 3 nitrogen and oxygen atoms in total. The Balaban J connectivity index is 1.99. The Morgan fingerprint density at radius 3 is 2.94 bits per heavy atom. The molecule has 0 aromatic heterocycles. The highest BCUT2D eigenvalue weighted by atomic mass is 16.1. The Kier molecular flexibility index (Phi) is 4.37. The summed E-state index contributed by atoms with van der Waals surface area (Å²) in [7, 11) is 0. The van der Waals surface area contributed by atoms with Gasteiger partial charge in [-0.15, -0.1) is 0 Å². The highest BCUT2D eigenvalue weighted by molar-refractivity contribution is 5.92. The zero-order valence-electron chi connectivity index (χ0n) is 11.2. The Morgan fingerprint density at radius 2 is 2.28 bits per heavy atom. The summed E-state index contributed by atoms with van der Waals surface area (Å²) in [4.78, 5) is 12.1. The summed E-state index contributed by atoms with van der Waals surface area (Å²) in [6, 6.07) is 8.13. The lowest BCUT2D eigenvalue weighted by molar-refractivity contribution is -0.120. The Morgan fingerprint density at radius 1 is 1.44 bits per heavy atom. The van der Waals surface area contributed by atoms with Gasteiger partial charge in [0.2, 0.25) is 5.91 Å². The van der Waals surface area contributed by atoms with Crippen LogP contribution in [0.1, 0.15) is 38.2 Å². The Bertz CT molecular complexity index is 409. The number of amides is 1. The van der Waals surface area contributed by atoms with E-state index in [2.05, 4.69) is 36.6 Å².